The van der Waals surface area contributed by atoms with Crippen LogP contribution in [0.5, 0.6) is 0 Å². The molecule has 0 unspecified atom stereocenters. The second kappa shape index (κ2) is 5.69. The molecule has 2 saturated carbocycles. The number of ether oxygens (including phenoxy) is 1. The highest BCUT2D eigenvalue weighted by atomic mass is 16.7. The summed E-state index contributed by atoms with van der Waals surface area (Å²) in [6.07, 6.45) is 7.92. The quantitative estimate of drug-likeness (QED) is 0.466. The van der Waals surface area contributed by atoms with Crippen molar-refractivity contribution in [3.8, 4) is 0 Å². The van der Waals surface area contributed by atoms with Crippen molar-refractivity contribution < 1.29 is 19.5 Å². The number of aliphatic hydroxyl groups is 1. The second-order valence-corrected chi connectivity index (χ2v) is 9.16. The summed E-state index contributed by atoms with van der Waals surface area (Å²) in [6.45, 7) is 11.3. The van der Waals surface area contributed by atoms with Gasteiger partial charge < -0.3 is 14.7 Å². The Kier molecular flexibility index (Phi) is 3.89. The first kappa shape index (κ1) is 17.8. The van der Waals surface area contributed by atoms with E-state index in [0.29, 0.717) is 11.5 Å². The molecule has 2 heterocycles. The summed E-state index contributed by atoms with van der Waals surface area (Å²) >= 11 is 0. The standard InChI is InChI=1S/C21H29NO4/c1-13-5-8-17-19(2,9-10-21(4)20(17,3)12-22-26-21)15(13)7-6-14-16(23)11-25-18(14)24/h6,12,15-17,23H,1,5,7-11H2,2-4H3/b14-6+/t15-,16-,17+,19+,20+,21-/m1/s1. The lowest BCUT2D eigenvalue weighted by molar-refractivity contribution is -0.162. The number of carbonyl (C=O) groups excluding carboxylic acids is 1. The maximum absolute atomic E-state index is 11.8. The fourth-order valence-electron chi connectivity index (χ4n) is 6.01. The molecule has 5 nitrogen and oxygen atoms in total. The van der Waals surface area contributed by atoms with Gasteiger partial charge in [0.1, 0.15) is 18.3 Å². The van der Waals surface area contributed by atoms with Crippen LogP contribution in [0.25, 0.3) is 0 Å². The van der Waals surface area contributed by atoms with Crippen molar-refractivity contribution in [3.63, 3.8) is 0 Å². The van der Waals surface area contributed by atoms with Gasteiger partial charge in [0.05, 0.1) is 17.2 Å². The number of carbonyl (C=O) groups is 1. The summed E-state index contributed by atoms with van der Waals surface area (Å²) in [4.78, 5) is 17.7. The highest BCUT2D eigenvalue weighted by Gasteiger charge is 2.64. The molecule has 4 aliphatic rings. The smallest absolute Gasteiger partial charge is 0.336 e. The van der Waals surface area contributed by atoms with Crippen molar-refractivity contribution in [1.82, 2.24) is 0 Å². The molecule has 2 aliphatic heterocycles. The van der Waals surface area contributed by atoms with Gasteiger partial charge in [-0.25, -0.2) is 4.79 Å². The molecule has 0 aromatic rings. The Morgan fingerprint density at radius 1 is 1.38 bits per heavy atom. The first-order valence-corrected chi connectivity index (χ1v) is 9.67. The highest BCUT2D eigenvalue weighted by Crippen LogP contribution is 2.65. The molecule has 142 valence electrons. The van der Waals surface area contributed by atoms with Crippen molar-refractivity contribution in [3.05, 3.63) is 23.8 Å². The number of rotatable bonds is 2. The molecular formula is C21H29NO4. The van der Waals surface area contributed by atoms with E-state index in [1.165, 1.54) is 5.57 Å². The number of cyclic esters (lactones) is 1. The number of esters is 1. The lowest BCUT2D eigenvalue weighted by Gasteiger charge is -2.60. The van der Waals surface area contributed by atoms with Crippen LogP contribution in [0.2, 0.25) is 0 Å². The van der Waals surface area contributed by atoms with Crippen LogP contribution in [0.3, 0.4) is 0 Å². The van der Waals surface area contributed by atoms with Gasteiger partial charge in [-0.3, -0.25) is 0 Å². The number of allylic oxidation sites excluding steroid dienone is 2. The molecule has 26 heavy (non-hydrogen) atoms. The third-order valence-electron chi connectivity index (χ3n) is 7.96. The summed E-state index contributed by atoms with van der Waals surface area (Å²) in [6, 6.07) is 0. The van der Waals surface area contributed by atoms with Gasteiger partial charge in [-0.2, -0.15) is 0 Å². The van der Waals surface area contributed by atoms with Crippen LogP contribution in [0.15, 0.2) is 29.0 Å². The largest absolute Gasteiger partial charge is 0.459 e. The van der Waals surface area contributed by atoms with Crippen LogP contribution >= 0.6 is 0 Å². The van der Waals surface area contributed by atoms with Crippen molar-refractivity contribution in [1.29, 1.82) is 0 Å². The minimum atomic E-state index is -0.800. The van der Waals surface area contributed by atoms with Crippen LogP contribution in [-0.4, -0.2) is 35.6 Å². The van der Waals surface area contributed by atoms with Crippen LogP contribution in [0.1, 0.15) is 52.9 Å². The van der Waals surface area contributed by atoms with Crippen molar-refractivity contribution >= 4 is 12.2 Å². The third kappa shape index (κ3) is 2.25. The Balaban J connectivity index is 1.65. The van der Waals surface area contributed by atoms with Gasteiger partial charge in [-0.1, -0.05) is 37.2 Å². The Morgan fingerprint density at radius 3 is 2.85 bits per heavy atom. The van der Waals surface area contributed by atoms with Crippen LogP contribution < -0.4 is 0 Å². The van der Waals surface area contributed by atoms with E-state index in [9.17, 15) is 9.90 Å². The molecule has 0 spiro atoms. The molecule has 1 saturated heterocycles. The fourth-order valence-corrected chi connectivity index (χ4v) is 6.01. The number of hydrogen-bond donors (Lipinski definition) is 1. The van der Waals surface area contributed by atoms with E-state index in [2.05, 4.69) is 32.5 Å². The number of fused-ring (bicyclic) bond motifs is 3. The molecule has 2 aliphatic carbocycles. The van der Waals surface area contributed by atoms with Crippen LogP contribution in [0.4, 0.5) is 0 Å². The average molecular weight is 359 g/mol. The minimum absolute atomic E-state index is 0.0698. The van der Waals surface area contributed by atoms with E-state index >= 15 is 0 Å². The first-order chi connectivity index (χ1) is 12.2. The molecule has 4 rings (SSSR count). The van der Waals surface area contributed by atoms with Gasteiger partial charge in [-0.05, 0) is 56.3 Å². The topological polar surface area (TPSA) is 68.1 Å². The first-order valence-electron chi connectivity index (χ1n) is 9.67. The van der Waals surface area contributed by atoms with Gasteiger partial charge >= 0.3 is 5.97 Å². The van der Waals surface area contributed by atoms with E-state index in [0.717, 1.165) is 32.1 Å². The predicted molar refractivity (Wildman–Crippen MR) is 98.4 cm³/mol. The lowest BCUT2D eigenvalue weighted by Crippen LogP contribution is -2.60. The maximum Gasteiger partial charge on any atom is 0.336 e. The fraction of sp³-hybridized carbons (Fsp3) is 0.714. The molecule has 0 radical (unpaired) electrons. The lowest BCUT2D eigenvalue weighted by atomic mass is 9.43. The molecule has 0 aromatic carbocycles. The van der Waals surface area contributed by atoms with Crippen molar-refractivity contribution in [2.75, 3.05) is 6.61 Å². The molecule has 3 fully saturated rings. The molecule has 6 atom stereocenters. The van der Waals surface area contributed by atoms with E-state index in [1.807, 2.05) is 12.3 Å². The molecular weight excluding hydrogens is 330 g/mol. The summed E-state index contributed by atoms with van der Waals surface area (Å²) in [7, 11) is 0. The Bertz CT molecular complexity index is 713. The SMILES string of the molecule is C=C1CC[C@H]2[C@@](C)(CC[C@@]3(C)ON=C[C@@]23C)[C@@H]1C/C=C1/C(=O)OC[C@H]1O. The van der Waals surface area contributed by atoms with Gasteiger partial charge in [-0.15, -0.1) is 0 Å². The van der Waals surface area contributed by atoms with Crippen LogP contribution in [0, 0.1) is 22.7 Å². The highest BCUT2D eigenvalue weighted by molar-refractivity contribution is 5.91. The summed E-state index contributed by atoms with van der Waals surface area (Å²) in [5.41, 5.74) is 1.42. The van der Waals surface area contributed by atoms with Gasteiger partial charge in [0.15, 0.2) is 0 Å². The van der Waals surface area contributed by atoms with Crippen molar-refractivity contribution in [2.24, 2.45) is 27.8 Å². The Morgan fingerprint density at radius 2 is 2.15 bits per heavy atom. The van der Waals surface area contributed by atoms with E-state index in [4.69, 9.17) is 9.57 Å². The molecule has 0 bridgehead atoms. The zero-order chi connectivity index (χ0) is 18.7. The zero-order valence-electron chi connectivity index (χ0n) is 16.0. The molecule has 0 amide bonds. The number of nitrogens with zero attached hydrogens (tertiary/aromatic N) is 1. The van der Waals surface area contributed by atoms with Gasteiger partial charge in [0.2, 0.25) is 0 Å². The minimum Gasteiger partial charge on any atom is -0.459 e. The maximum atomic E-state index is 11.8. The number of oxime groups is 1. The summed E-state index contributed by atoms with van der Waals surface area (Å²) < 4.78 is 4.95. The second-order valence-electron chi connectivity index (χ2n) is 9.16. The Hall–Kier alpha value is -1.62. The summed E-state index contributed by atoms with van der Waals surface area (Å²) in [5.74, 6) is 0.346. The van der Waals surface area contributed by atoms with Gasteiger partial charge in [0, 0.05) is 0 Å². The number of aliphatic hydroxyl groups excluding tert-OH is 1. The van der Waals surface area contributed by atoms with E-state index in [1.54, 1.807) is 0 Å². The predicted octanol–water partition coefficient (Wildman–Crippen LogP) is 3.38. The Labute approximate surface area is 155 Å². The molecule has 1 N–H and O–H groups in total. The normalized spacial score (nSPS) is 48.9. The van der Waals surface area contributed by atoms with E-state index < -0.39 is 6.10 Å². The molecule has 0 aromatic heterocycles. The number of hydrogen-bond acceptors (Lipinski definition) is 5. The summed E-state index contributed by atoms with van der Waals surface area (Å²) in [5, 5.41) is 14.2. The molecule has 5 heteroatoms. The van der Waals surface area contributed by atoms with E-state index in [-0.39, 0.29) is 34.9 Å². The zero-order valence-corrected chi connectivity index (χ0v) is 16.0. The third-order valence-corrected chi connectivity index (χ3v) is 7.96. The van der Waals surface area contributed by atoms with Gasteiger partial charge in [0.25, 0.3) is 0 Å². The monoisotopic (exact) mass is 359 g/mol. The van der Waals surface area contributed by atoms with Crippen molar-refractivity contribution in [2.45, 2.75) is 64.6 Å². The van der Waals surface area contributed by atoms with Crippen LogP contribution in [-0.2, 0) is 14.4 Å². The average Bonchev–Trinajstić information content (AvgIpc) is 3.07.